The van der Waals surface area contributed by atoms with Gasteiger partial charge in [0, 0.05) is 24.5 Å². The zero-order chi connectivity index (χ0) is 9.14. The molecule has 4 heteroatoms. The topological polar surface area (TPSA) is 61.9 Å². The lowest BCUT2D eigenvalue weighted by atomic mass is 10.1. The molecule has 0 unspecified atom stereocenters. The monoisotopic (exact) mass is 183 g/mol. The van der Waals surface area contributed by atoms with Gasteiger partial charge in [-0.3, -0.25) is 0 Å². The molecule has 0 fully saturated rings. The molecule has 12 heavy (non-hydrogen) atoms. The highest BCUT2D eigenvalue weighted by atomic mass is 35.5. The molecule has 0 bridgehead atoms. The highest BCUT2D eigenvalue weighted by Gasteiger charge is 2.04. The summed E-state index contributed by atoms with van der Waals surface area (Å²) in [6, 6.07) is 3.35. The maximum Gasteiger partial charge on any atom is 0.0664 e. The predicted octanol–water partition coefficient (Wildman–Crippen LogP) is 1.96. The Morgan fingerprint density at radius 2 is 2.25 bits per heavy atom. The van der Waals surface area contributed by atoms with Gasteiger partial charge >= 0.3 is 0 Å². The van der Waals surface area contributed by atoms with Gasteiger partial charge in [0.15, 0.2) is 0 Å². The van der Waals surface area contributed by atoms with Crippen LogP contribution in [0.25, 0.3) is 0 Å². The summed E-state index contributed by atoms with van der Waals surface area (Å²) < 4.78 is 0. The molecule has 0 radical (unpaired) electrons. The number of anilines is 2. The van der Waals surface area contributed by atoms with Gasteiger partial charge in [-0.15, -0.1) is 0 Å². The van der Waals surface area contributed by atoms with Crippen LogP contribution in [0.4, 0.5) is 11.4 Å². The molecule has 0 atom stereocenters. The number of nitrogen functional groups attached to an aromatic ring is 1. The van der Waals surface area contributed by atoms with Crippen molar-refractivity contribution in [1.29, 1.82) is 5.41 Å². The molecule has 0 saturated carbocycles. The number of hydrogen-bond acceptors (Lipinski definition) is 3. The van der Waals surface area contributed by atoms with Crippen molar-refractivity contribution >= 4 is 29.2 Å². The second kappa shape index (κ2) is 3.45. The summed E-state index contributed by atoms with van der Waals surface area (Å²) in [6.45, 7) is 0. The molecule has 0 aromatic heterocycles. The Morgan fingerprint density at radius 1 is 1.58 bits per heavy atom. The van der Waals surface area contributed by atoms with E-state index < -0.39 is 0 Å². The molecule has 64 valence electrons. The van der Waals surface area contributed by atoms with Gasteiger partial charge in [-0.05, 0) is 12.1 Å². The third-order valence-electron chi connectivity index (χ3n) is 1.55. The van der Waals surface area contributed by atoms with Gasteiger partial charge in [-0.2, -0.15) is 0 Å². The SMILES string of the molecule is CNc1c(Cl)cc(N)cc1C=N. The van der Waals surface area contributed by atoms with E-state index >= 15 is 0 Å². The van der Waals surface area contributed by atoms with Gasteiger partial charge in [0.05, 0.1) is 10.7 Å². The molecule has 1 rings (SSSR count). The summed E-state index contributed by atoms with van der Waals surface area (Å²) in [7, 11) is 1.75. The van der Waals surface area contributed by atoms with Crippen LogP contribution in [0.3, 0.4) is 0 Å². The highest BCUT2D eigenvalue weighted by molar-refractivity contribution is 6.34. The maximum atomic E-state index is 7.10. The first-order valence-corrected chi connectivity index (χ1v) is 3.84. The van der Waals surface area contributed by atoms with Crippen molar-refractivity contribution < 1.29 is 0 Å². The first kappa shape index (κ1) is 8.87. The number of nitrogens with one attached hydrogen (secondary N) is 2. The van der Waals surface area contributed by atoms with Crippen LogP contribution in [0.15, 0.2) is 12.1 Å². The number of rotatable bonds is 2. The Morgan fingerprint density at radius 3 is 2.75 bits per heavy atom. The summed E-state index contributed by atoms with van der Waals surface area (Å²) in [6.07, 6.45) is 1.22. The number of nitrogens with two attached hydrogens (primary N) is 1. The second-order valence-corrected chi connectivity index (χ2v) is 2.77. The van der Waals surface area contributed by atoms with Crippen LogP contribution in [-0.4, -0.2) is 13.3 Å². The fraction of sp³-hybridized carbons (Fsp3) is 0.125. The normalized spacial score (nSPS) is 9.50. The van der Waals surface area contributed by atoms with Crippen LogP contribution in [-0.2, 0) is 0 Å². The van der Waals surface area contributed by atoms with E-state index in [4.69, 9.17) is 22.7 Å². The molecule has 0 aliphatic carbocycles. The third kappa shape index (κ3) is 1.51. The Labute approximate surface area is 76.0 Å². The lowest BCUT2D eigenvalue weighted by Gasteiger charge is -2.07. The van der Waals surface area contributed by atoms with Gasteiger partial charge in [-0.25, -0.2) is 0 Å². The standard InChI is InChI=1S/C8H10ClN3/c1-12-8-5(4-10)2-6(11)3-7(8)9/h2-4,10,12H,11H2,1H3. The lowest BCUT2D eigenvalue weighted by molar-refractivity contribution is 1.47. The van der Waals surface area contributed by atoms with E-state index in [0.29, 0.717) is 16.3 Å². The van der Waals surface area contributed by atoms with E-state index in [1.807, 2.05) is 0 Å². The van der Waals surface area contributed by atoms with Crippen molar-refractivity contribution in [2.45, 2.75) is 0 Å². The number of hydrogen-bond donors (Lipinski definition) is 3. The maximum absolute atomic E-state index is 7.10. The predicted molar refractivity (Wildman–Crippen MR) is 53.3 cm³/mol. The average molecular weight is 184 g/mol. The first-order chi connectivity index (χ1) is 5.69. The number of benzene rings is 1. The zero-order valence-corrected chi connectivity index (χ0v) is 7.44. The van der Waals surface area contributed by atoms with Crippen LogP contribution in [0, 0.1) is 5.41 Å². The minimum atomic E-state index is 0.538. The average Bonchev–Trinajstić information content (AvgIpc) is 2.03. The van der Waals surface area contributed by atoms with Crippen molar-refractivity contribution in [2.24, 2.45) is 0 Å². The summed E-state index contributed by atoms with van der Waals surface area (Å²) in [5.74, 6) is 0. The Bertz CT molecular complexity index is 309. The zero-order valence-electron chi connectivity index (χ0n) is 6.69. The van der Waals surface area contributed by atoms with Gasteiger partial charge in [-0.1, -0.05) is 11.6 Å². The van der Waals surface area contributed by atoms with E-state index in [-0.39, 0.29) is 0 Å². The van der Waals surface area contributed by atoms with Crippen molar-refractivity contribution in [1.82, 2.24) is 0 Å². The van der Waals surface area contributed by atoms with E-state index in [1.54, 1.807) is 19.2 Å². The largest absolute Gasteiger partial charge is 0.399 e. The van der Waals surface area contributed by atoms with Gasteiger partial charge in [0.25, 0.3) is 0 Å². The van der Waals surface area contributed by atoms with E-state index in [0.717, 1.165) is 5.69 Å². The summed E-state index contributed by atoms with van der Waals surface area (Å²) in [5, 5.41) is 10.5. The molecule has 1 aromatic rings. The molecule has 1 aromatic carbocycles. The molecule has 0 saturated heterocycles. The molecule has 4 N–H and O–H groups in total. The van der Waals surface area contributed by atoms with E-state index in [1.165, 1.54) is 6.21 Å². The fourth-order valence-electron chi connectivity index (χ4n) is 1.03. The van der Waals surface area contributed by atoms with Crippen LogP contribution in [0.1, 0.15) is 5.56 Å². The molecule has 3 nitrogen and oxygen atoms in total. The Kier molecular flexibility index (Phi) is 2.55. The van der Waals surface area contributed by atoms with Crippen LogP contribution < -0.4 is 11.1 Å². The molecule has 0 heterocycles. The van der Waals surface area contributed by atoms with Crippen molar-refractivity contribution in [3.63, 3.8) is 0 Å². The molecule has 0 aliphatic rings. The smallest absolute Gasteiger partial charge is 0.0664 e. The molecule has 0 amide bonds. The third-order valence-corrected chi connectivity index (χ3v) is 1.85. The van der Waals surface area contributed by atoms with Crippen LogP contribution >= 0.6 is 11.6 Å². The van der Waals surface area contributed by atoms with E-state index in [9.17, 15) is 0 Å². The first-order valence-electron chi connectivity index (χ1n) is 3.46. The Balaban J connectivity index is 3.33. The van der Waals surface area contributed by atoms with Crippen LogP contribution in [0.2, 0.25) is 5.02 Å². The fourth-order valence-corrected chi connectivity index (χ4v) is 1.36. The molecule has 0 aliphatic heterocycles. The minimum absolute atomic E-state index is 0.538. The quantitative estimate of drug-likeness (QED) is 0.485. The van der Waals surface area contributed by atoms with Crippen LogP contribution in [0.5, 0.6) is 0 Å². The summed E-state index contributed by atoms with van der Waals surface area (Å²) in [5.41, 5.74) is 7.54. The Hall–Kier alpha value is -1.22. The van der Waals surface area contributed by atoms with Crippen molar-refractivity contribution in [3.8, 4) is 0 Å². The highest BCUT2D eigenvalue weighted by Crippen LogP contribution is 2.27. The molecule has 0 spiro atoms. The second-order valence-electron chi connectivity index (χ2n) is 2.36. The van der Waals surface area contributed by atoms with Gasteiger partial charge in [0.1, 0.15) is 0 Å². The summed E-state index contributed by atoms with van der Waals surface area (Å²) >= 11 is 5.87. The van der Waals surface area contributed by atoms with Gasteiger partial charge in [0.2, 0.25) is 0 Å². The van der Waals surface area contributed by atoms with E-state index in [2.05, 4.69) is 5.32 Å². The minimum Gasteiger partial charge on any atom is -0.399 e. The molecular formula is C8H10ClN3. The van der Waals surface area contributed by atoms with Crippen molar-refractivity contribution in [2.75, 3.05) is 18.1 Å². The number of halogens is 1. The molecular weight excluding hydrogens is 174 g/mol. The summed E-state index contributed by atoms with van der Waals surface area (Å²) in [4.78, 5) is 0. The lowest BCUT2D eigenvalue weighted by Crippen LogP contribution is -1.97. The van der Waals surface area contributed by atoms with Crippen molar-refractivity contribution in [3.05, 3.63) is 22.7 Å². The van der Waals surface area contributed by atoms with Gasteiger partial charge < -0.3 is 16.5 Å².